The molecule has 0 saturated heterocycles. The number of rotatable bonds is 8. The third-order valence-electron chi connectivity index (χ3n) is 2.54. The first kappa shape index (κ1) is 13.9. The maximum atomic E-state index is 10.6. The van der Waals surface area contributed by atoms with Crippen LogP contribution in [0.15, 0.2) is 0 Å². The largest absolute Gasteiger partial charge is 0.480 e. The van der Waals surface area contributed by atoms with Crippen LogP contribution in [0.3, 0.4) is 0 Å². The molecule has 0 aliphatic rings. The number of nitriles is 1. The minimum absolute atomic E-state index is 0.0988. The van der Waals surface area contributed by atoms with Gasteiger partial charge in [0.05, 0.1) is 12.6 Å². The minimum atomic E-state index is -0.782. The van der Waals surface area contributed by atoms with Crippen molar-refractivity contribution < 1.29 is 9.90 Å². The number of carboxylic acids is 1. The molecule has 0 rings (SSSR count). The smallest absolute Gasteiger partial charge is 0.317 e. The lowest BCUT2D eigenvalue weighted by Gasteiger charge is -2.26. The van der Waals surface area contributed by atoms with Crippen molar-refractivity contribution in [2.75, 3.05) is 13.1 Å². The van der Waals surface area contributed by atoms with Crippen LogP contribution in [0.1, 0.15) is 39.5 Å². The second kappa shape index (κ2) is 8.25. The minimum Gasteiger partial charge on any atom is -0.480 e. The van der Waals surface area contributed by atoms with E-state index >= 15 is 0 Å². The van der Waals surface area contributed by atoms with Gasteiger partial charge < -0.3 is 5.11 Å². The fraction of sp³-hybridized carbons (Fsp3) is 0.818. The van der Waals surface area contributed by atoms with E-state index < -0.39 is 5.97 Å². The molecule has 4 heteroatoms. The number of carbonyl (C=O) groups is 1. The Morgan fingerprint density at radius 1 is 1.53 bits per heavy atom. The lowest BCUT2D eigenvalue weighted by atomic mass is 10.2. The van der Waals surface area contributed by atoms with Gasteiger partial charge in [0.2, 0.25) is 0 Å². The zero-order chi connectivity index (χ0) is 11.7. The summed E-state index contributed by atoms with van der Waals surface area (Å²) in [7, 11) is 0. The predicted molar refractivity (Wildman–Crippen MR) is 58.4 cm³/mol. The molecule has 1 unspecified atom stereocenters. The highest BCUT2D eigenvalue weighted by Gasteiger charge is 2.14. The lowest BCUT2D eigenvalue weighted by molar-refractivity contribution is -0.138. The van der Waals surface area contributed by atoms with Crippen molar-refractivity contribution in [1.29, 1.82) is 5.26 Å². The van der Waals surface area contributed by atoms with Gasteiger partial charge in [-0.3, -0.25) is 9.69 Å². The van der Waals surface area contributed by atoms with Crippen LogP contribution in [0.5, 0.6) is 0 Å². The Hall–Kier alpha value is -1.08. The summed E-state index contributed by atoms with van der Waals surface area (Å²) in [5.74, 6) is -0.782. The molecular formula is C11H20N2O2. The van der Waals surface area contributed by atoms with Crippen LogP contribution < -0.4 is 0 Å². The normalized spacial score (nSPS) is 12.4. The van der Waals surface area contributed by atoms with Crippen LogP contribution in [0.2, 0.25) is 0 Å². The van der Waals surface area contributed by atoms with Crippen LogP contribution in [-0.2, 0) is 4.79 Å². The van der Waals surface area contributed by atoms with Gasteiger partial charge in [-0.05, 0) is 32.7 Å². The molecule has 0 spiro atoms. The fourth-order valence-electron chi connectivity index (χ4n) is 1.41. The molecule has 86 valence electrons. The molecule has 0 aliphatic heterocycles. The lowest BCUT2D eigenvalue weighted by Crippen LogP contribution is -2.37. The third kappa shape index (κ3) is 6.92. The van der Waals surface area contributed by atoms with Gasteiger partial charge in [-0.15, -0.1) is 0 Å². The van der Waals surface area contributed by atoms with Crippen LogP contribution in [0.4, 0.5) is 0 Å². The van der Waals surface area contributed by atoms with E-state index in [-0.39, 0.29) is 6.54 Å². The number of hydrogen-bond acceptors (Lipinski definition) is 3. The first-order chi connectivity index (χ1) is 7.11. The van der Waals surface area contributed by atoms with Crippen LogP contribution in [-0.4, -0.2) is 35.1 Å². The summed E-state index contributed by atoms with van der Waals surface area (Å²) >= 11 is 0. The Morgan fingerprint density at radius 2 is 2.20 bits per heavy atom. The molecule has 0 fully saturated rings. The highest BCUT2D eigenvalue weighted by molar-refractivity contribution is 5.69. The molecule has 0 aliphatic carbocycles. The summed E-state index contributed by atoms with van der Waals surface area (Å²) < 4.78 is 0. The monoisotopic (exact) mass is 212 g/mol. The molecule has 0 radical (unpaired) electrons. The van der Waals surface area contributed by atoms with Crippen LogP contribution in [0, 0.1) is 11.3 Å². The number of hydrogen-bond donors (Lipinski definition) is 1. The Kier molecular flexibility index (Phi) is 7.65. The molecule has 15 heavy (non-hydrogen) atoms. The standard InChI is InChI=1S/C11H20N2O2/c1-3-10(2)13(9-11(14)15)8-6-4-5-7-12/h10H,3-6,8-9H2,1-2H3,(H,14,15). The SMILES string of the molecule is CCC(C)N(CCCCC#N)CC(=O)O. The van der Waals surface area contributed by atoms with Crippen LogP contribution >= 0.6 is 0 Å². The first-order valence-corrected chi connectivity index (χ1v) is 5.44. The molecule has 0 aromatic heterocycles. The van der Waals surface area contributed by atoms with Crippen molar-refractivity contribution in [3.63, 3.8) is 0 Å². The number of carboxylic acid groups (broad SMARTS) is 1. The van der Waals surface area contributed by atoms with Gasteiger partial charge in [-0.1, -0.05) is 6.92 Å². The number of aliphatic carboxylic acids is 1. The number of unbranched alkanes of at least 4 members (excludes halogenated alkanes) is 2. The van der Waals surface area contributed by atoms with E-state index in [0.717, 1.165) is 25.8 Å². The van der Waals surface area contributed by atoms with Gasteiger partial charge >= 0.3 is 5.97 Å². The van der Waals surface area contributed by atoms with Crippen molar-refractivity contribution in [3.8, 4) is 6.07 Å². The summed E-state index contributed by atoms with van der Waals surface area (Å²) in [6.07, 6.45) is 3.25. The number of nitrogens with zero attached hydrogens (tertiary/aromatic N) is 2. The van der Waals surface area contributed by atoms with Crippen molar-refractivity contribution in [1.82, 2.24) is 4.90 Å². The Labute approximate surface area is 91.5 Å². The molecule has 0 aromatic carbocycles. The fourth-order valence-corrected chi connectivity index (χ4v) is 1.41. The van der Waals surface area contributed by atoms with Crippen molar-refractivity contribution in [2.45, 2.75) is 45.6 Å². The summed E-state index contributed by atoms with van der Waals surface area (Å²) in [5, 5.41) is 17.1. The van der Waals surface area contributed by atoms with Gasteiger partial charge in [-0.2, -0.15) is 5.26 Å². The highest BCUT2D eigenvalue weighted by Crippen LogP contribution is 2.06. The van der Waals surface area contributed by atoms with E-state index in [9.17, 15) is 4.79 Å². The molecule has 4 nitrogen and oxygen atoms in total. The summed E-state index contributed by atoms with van der Waals surface area (Å²) in [4.78, 5) is 12.6. The third-order valence-corrected chi connectivity index (χ3v) is 2.54. The molecule has 0 bridgehead atoms. The van der Waals surface area contributed by atoms with Gasteiger partial charge in [0, 0.05) is 12.5 Å². The average Bonchev–Trinajstić information content (AvgIpc) is 2.21. The summed E-state index contributed by atoms with van der Waals surface area (Å²) in [6.45, 7) is 4.95. The molecular weight excluding hydrogens is 192 g/mol. The van der Waals surface area contributed by atoms with Gasteiger partial charge in [-0.25, -0.2) is 0 Å². The topological polar surface area (TPSA) is 64.3 Å². The Bertz CT molecular complexity index is 223. The second-order valence-corrected chi connectivity index (χ2v) is 3.74. The van der Waals surface area contributed by atoms with Crippen molar-refractivity contribution >= 4 is 5.97 Å². The molecule has 1 atom stereocenters. The van der Waals surface area contributed by atoms with E-state index in [2.05, 4.69) is 13.0 Å². The second-order valence-electron chi connectivity index (χ2n) is 3.74. The quantitative estimate of drug-likeness (QED) is 0.624. The molecule has 0 aromatic rings. The van der Waals surface area contributed by atoms with E-state index in [1.807, 2.05) is 11.8 Å². The van der Waals surface area contributed by atoms with E-state index in [1.54, 1.807) is 0 Å². The Morgan fingerprint density at radius 3 is 2.67 bits per heavy atom. The maximum Gasteiger partial charge on any atom is 0.317 e. The van der Waals surface area contributed by atoms with E-state index in [0.29, 0.717) is 12.5 Å². The van der Waals surface area contributed by atoms with Crippen molar-refractivity contribution in [3.05, 3.63) is 0 Å². The first-order valence-electron chi connectivity index (χ1n) is 5.44. The molecule has 1 N–H and O–H groups in total. The van der Waals surface area contributed by atoms with Crippen molar-refractivity contribution in [2.24, 2.45) is 0 Å². The van der Waals surface area contributed by atoms with Gasteiger partial charge in [0.15, 0.2) is 0 Å². The zero-order valence-corrected chi connectivity index (χ0v) is 9.57. The average molecular weight is 212 g/mol. The summed E-state index contributed by atoms with van der Waals surface area (Å²) in [6, 6.07) is 2.39. The van der Waals surface area contributed by atoms with Gasteiger partial charge in [0.25, 0.3) is 0 Å². The highest BCUT2D eigenvalue weighted by atomic mass is 16.4. The molecule has 0 heterocycles. The zero-order valence-electron chi connectivity index (χ0n) is 9.57. The maximum absolute atomic E-state index is 10.6. The van der Waals surface area contributed by atoms with Crippen LogP contribution in [0.25, 0.3) is 0 Å². The Balaban J connectivity index is 3.91. The predicted octanol–water partition coefficient (Wildman–Crippen LogP) is 1.87. The van der Waals surface area contributed by atoms with E-state index in [1.165, 1.54) is 0 Å². The molecule has 0 amide bonds. The van der Waals surface area contributed by atoms with Gasteiger partial charge in [0.1, 0.15) is 0 Å². The molecule has 0 saturated carbocycles. The summed E-state index contributed by atoms with van der Waals surface area (Å²) in [5.41, 5.74) is 0. The van der Waals surface area contributed by atoms with E-state index in [4.69, 9.17) is 10.4 Å².